The second-order valence-electron chi connectivity index (χ2n) is 8.74. The number of rotatable bonds is 3. The fraction of sp³-hybridized carbons (Fsp3) is 0.320. The molecular weight excluding hydrogens is 476 g/mol. The van der Waals surface area contributed by atoms with Gasteiger partial charge in [-0.25, -0.2) is 0 Å². The molecule has 3 unspecified atom stereocenters. The maximum atomic E-state index is 13.4. The van der Waals surface area contributed by atoms with Gasteiger partial charge >= 0.3 is 12.4 Å². The Labute approximate surface area is 196 Å². The molecule has 1 amide bonds. The smallest absolute Gasteiger partial charge is 0.416 e. The maximum absolute atomic E-state index is 13.4. The fourth-order valence-corrected chi connectivity index (χ4v) is 4.82. The first-order valence-electron chi connectivity index (χ1n) is 10.8. The van der Waals surface area contributed by atoms with Crippen LogP contribution in [0.15, 0.2) is 65.9 Å². The summed E-state index contributed by atoms with van der Waals surface area (Å²) < 4.78 is 91.8. The molecule has 2 aromatic rings. The van der Waals surface area contributed by atoms with E-state index in [2.05, 4.69) is 0 Å². The first-order chi connectivity index (χ1) is 16.4. The number of amides is 1. The normalized spacial score (nSPS) is 25.2. The van der Waals surface area contributed by atoms with Crippen molar-refractivity contribution in [1.82, 2.24) is 0 Å². The van der Waals surface area contributed by atoms with Crippen molar-refractivity contribution < 1.29 is 40.6 Å². The highest BCUT2D eigenvalue weighted by atomic mass is 19.4. The van der Waals surface area contributed by atoms with E-state index >= 15 is 0 Å². The Morgan fingerprint density at radius 3 is 2.34 bits per heavy atom. The van der Waals surface area contributed by atoms with Crippen LogP contribution in [-0.4, -0.2) is 24.8 Å². The van der Waals surface area contributed by atoms with Gasteiger partial charge in [0, 0.05) is 22.8 Å². The molecule has 4 nitrogen and oxygen atoms in total. The average Bonchev–Trinajstić information content (AvgIpc) is 3.43. The van der Waals surface area contributed by atoms with E-state index in [9.17, 15) is 31.1 Å². The van der Waals surface area contributed by atoms with Crippen LogP contribution in [0.25, 0.3) is 0 Å². The molecule has 184 valence electrons. The van der Waals surface area contributed by atoms with E-state index < -0.39 is 41.3 Å². The second kappa shape index (κ2) is 8.15. The summed E-state index contributed by atoms with van der Waals surface area (Å²) in [6, 6.07) is 8.89. The Morgan fingerprint density at radius 2 is 1.69 bits per heavy atom. The number of fused-ring (bicyclic) bond motifs is 3. The monoisotopic (exact) mass is 495 g/mol. The molecule has 0 aromatic heterocycles. The highest BCUT2D eigenvalue weighted by molar-refractivity contribution is 6.08. The molecule has 2 aromatic carbocycles. The predicted octanol–water partition coefficient (Wildman–Crippen LogP) is 5.98. The van der Waals surface area contributed by atoms with Gasteiger partial charge in [-0.15, -0.1) is 0 Å². The quantitative estimate of drug-likeness (QED) is 0.388. The molecule has 1 fully saturated rings. The van der Waals surface area contributed by atoms with Gasteiger partial charge in [-0.1, -0.05) is 24.3 Å². The summed E-state index contributed by atoms with van der Waals surface area (Å²) in [6.45, 7) is 1.70. The zero-order valence-corrected chi connectivity index (χ0v) is 18.3. The van der Waals surface area contributed by atoms with Gasteiger partial charge in [0.25, 0.3) is 5.91 Å². The summed E-state index contributed by atoms with van der Waals surface area (Å²) >= 11 is 0. The number of carbonyl (C=O) groups excluding carboxylic acids is 1. The van der Waals surface area contributed by atoms with Crippen molar-refractivity contribution in [2.75, 3.05) is 11.5 Å². The average molecular weight is 495 g/mol. The third-order valence-electron chi connectivity index (χ3n) is 6.46. The van der Waals surface area contributed by atoms with Crippen LogP contribution in [0.1, 0.15) is 35.1 Å². The largest absolute Gasteiger partial charge is 0.474 e. The van der Waals surface area contributed by atoms with Crippen LogP contribution in [0.2, 0.25) is 0 Å². The third kappa shape index (κ3) is 4.20. The lowest BCUT2D eigenvalue weighted by Gasteiger charge is -2.26. The van der Waals surface area contributed by atoms with Crippen LogP contribution in [-0.2, 0) is 33.0 Å². The van der Waals surface area contributed by atoms with Crippen LogP contribution >= 0.6 is 0 Å². The molecule has 35 heavy (non-hydrogen) atoms. The lowest BCUT2D eigenvalue weighted by molar-refractivity contribution is -0.143. The highest BCUT2D eigenvalue weighted by Crippen LogP contribution is 2.45. The Morgan fingerprint density at radius 1 is 1.03 bits per heavy atom. The summed E-state index contributed by atoms with van der Waals surface area (Å²) in [5.74, 6) is -0.806. The molecule has 0 N–H and O–H groups in total. The van der Waals surface area contributed by atoms with E-state index in [1.807, 2.05) is 24.3 Å². The van der Waals surface area contributed by atoms with Crippen LogP contribution < -0.4 is 4.90 Å². The topological polar surface area (TPSA) is 38.8 Å². The van der Waals surface area contributed by atoms with Crippen LogP contribution in [0.3, 0.4) is 0 Å². The number of hydrogen-bond acceptors (Lipinski definition) is 3. The third-order valence-corrected chi connectivity index (χ3v) is 6.46. The predicted molar refractivity (Wildman–Crippen MR) is 113 cm³/mol. The van der Waals surface area contributed by atoms with Gasteiger partial charge in [0.15, 0.2) is 6.23 Å². The summed E-state index contributed by atoms with van der Waals surface area (Å²) in [7, 11) is 0. The molecule has 10 heteroatoms. The molecule has 1 saturated heterocycles. The standard InChI is InChI=1S/C25H19F6NO3/c1-13-6-21(35-12-15-11-34-20-7-14-4-2-3-5-19(14)22(15)20)32(23(13)33)18-9-16(24(26,27)28)8-17(10-18)25(29,30)31/h2-6,8-10,12,20-22H,7,11H2,1H3/b15-12-. The molecule has 0 radical (unpaired) electrons. The molecule has 3 atom stereocenters. The van der Waals surface area contributed by atoms with Crippen LogP contribution in [0.4, 0.5) is 32.0 Å². The van der Waals surface area contributed by atoms with E-state index in [4.69, 9.17) is 9.47 Å². The minimum Gasteiger partial charge on any atom is -0.474 e. The maximum Gasteiger partial charge on any atom is 0.416 e. The minimum absolute atomic E-state index is 0.0235. The number of halogens is 6. The van der Waals surface area contributed by atoms with E-state index in [1.165, 1.54) is 19.3 Å². The van der Waals surface area contributed by atoms with Crippen LogP contribution in [0.5, 0.6) is 0 Å². The molecule has 1 aliphatic carbocycles. The van der Waals surface area contributed by atoms with Crippen molar-refractivity contribution in [3.8, 4) is 0 Å². The lowest BCUT2D eigenvalue weighted by Crippen LogP contribution is -2.36. The number of anilines is 1. The van der Waals surface area contributed by atoms with E-state index in [1.54, 1.807) is 0 Å². The zero-order chi connectivity index (χ0) is 25.1. The summed E-state index contributed by atoms with van der Waals surface area (Å²) in [4.78, 5) is 13.5. The summed E-state index contributed by atoms with van der Waals surface area (Å²) in [5.41, 5.74) is -0.414. The van der Waals surface area contributed by atoms with Crippen molar-refractivity contribution >= 4 is 11.6 Å². The number of carbonyl (C=O) groups is 1. The Hall–Kier alpha value is -3.27. The van der Waals surface area contributed by atoms with Crippen LogP contribution in [0, 0.1) is 0 Å². The minimum atomic E-state index is -5.04. The Balaban J connectivity index is 1.48. The lowest BCUT2D eigenvalue weighted by atomic mass is 9.95. The molecule has 0 spiro atoms. The molecule has 5 rings (SSSR count). The second-order valence-corrected chi connectivity index (χ2v) is 8.74. The van der Waals surface area contributed by atoms with Gasteiger partial charge < -0.3 is 9.47 Å². The Bertz CT molecular complexity index is 1210. The molecular formula is C25H19F6NO3. The number of hydrogen-bond donors (Lipinski definition) is 0. The van der Waals surface area contributed by atoms with E-state index in [0.717, 1.165) is 28.0 Å². The van der Waals surface area contributed by atoms with Crippen molar-refractivity contribution in [3.05, 3.63) is 88.2 Å². The number of benzene rings is 2. The van der Waals surface area contributed by atoms with Crippen molar-refractivity contribution in [2.45, 2.75) is 43.9 Å². The first kappa shape index (κ1) is 23.5. The Kier molecular flexibility index (Phi) is 5.47. The number of ether oxygens (including phenoxy) is 2. The number of alkyl halides is 6. The molecule has 0 bridgehead atoms. The number of nitrogens with zero attached hydrogens (tertiary/aromatic N) is 1. The van der Waals surface area contributed by atoms with Gasteiger partial charge in [-0.3, -0.25) is 9.69 Å². The zero-order valence-electron chi connectivity index (χ0n) is 18.3. The van der Waals surface area contributed by atoms with Gasteiger partial charge in [-0.05, 0) is 48.7 Å². The van der Waals surface area contributed by atoms with Gasteiger partial charge in [0.1, 0.15) is 0 Å². The molecule has 3 aliphatic rings. The molecule has 0 saturated carbocycles. The first-order valence-corrected chi connectivity index (χ1v) is 10.8. The van der Waals surface area contributed by atoms with Gasteiger partial charge in [0.2, 0.25) is 0 Å². The summed E-state index contributed by atoms with van der Waals surface area (Å²) in [5, 5.41) is 0. The van der Waals surface area contributed by atoms with Crippen molar-refractivity contribution in [3.63, 3.8) is 0 Å². The fourth-order valence-electron chi connectivity index (χ4n) is 4.82. The summed E-state index contributed by atoms with van der Waals surface area (Å²) in [6.07, 6.45) is -7.85. The van der Waals surface area contributed by atoms with E-state index in [-0.39, 0.29) is 30.3 Å². The molecule has 2 heterocycles. The van der Waals surface area contributed by atoms with Gasteiger partial charge in [-0.2, -0.15) is 26.3 Å². The van der Waals surface area contributed by atoms with E-state index in [0.29, 0.717) is 12.1 Å². The van der Waals surface area contributed by atoms with Gasteiger partial charge in [0.05, 0.1) is 30.1 Å². The SMILES string of the molecule is CC1=CC(O/C=C2/COC3Cc4ccccc4C23)N(c2cc(C(F)(F)F)cc(C(F)(F)F)c2)C1=O. The van der Waals surface area contributed by atoms with Crippen molar-refractivity contribution in [1.29, 1.82) is 0 Å². The highest BCUT2D eigenvalue weighted by Gasteiger charge is 2.42. The molecule has 2 aliphatic heterocycles. The van der Waals surface area contributed by atoms with Crippen molar-refractivity contribution in [2.24, 2.45) is 0 Å².